The number of para-hydroxylation sites is 2. The van der Waals surface area contributed by atoms with E-state index in [1.807, 2.05) is 18.2 Å². The van der Waals surface area contributed by atoms with Gasteiger partial charge in [0.15, 0.2) is 0 Å². The van der Waals surface area contributed by atoms with E-state index in [0.29, 0.717) is 22.8 Å². The van der Waals surface area contributed by atoms with Crippen LogP contribution in [-0.4, -0.2) is 41.8 Å². The molecule has 0 unspecified atom stereocenters. The van der Waals surface area contributed by atoms with Crippen molar-refractivity contribution in [3.8, 4) is 16.9 Å². The highest BCUT2D eigenvalue weighted by Gasteiger charge is 2.34. The first-order valence-corrected chi connectivity index (χ1v) is 9.52. The minimum atomic E-state index is -0.891. The fraction of sp³-hybridized carbons (Fsp3) is 0.182. The fourth-order valence-corrected chi connectivity index (χ4v) is 3.53. The van der Waals surface area contributed by atoms with Crippen molar-refractivity contribution >= 4 is 29.3 Å². The summed E-state index contributed by atoms with van der Waals surface area (Å²) in [5.74, 6) is -0.337. The number of ether oxygens (including phenoxy) is 2. The quantitative estimate of drug-likeness (QED) is 0.614. The number of fused-ring (bicyclic) bond motifs is 1. The number of benzene rings is 2. The molecule has 2 amide bonds. The van der Waals surface area contributed by atoms with Crippen molar-refractivity contribution in [1.82, 2.24) is 9.78 Å². The largest absolute Gasteiger partial charge is 0.496 e. The lowest BCUT2D eigenvalue weighted by atomic mass is 10.1. The van der Waals surface area contributed by atoms with Crippen LogP contribution in [0.3, 0.4) is 0 Å². The fourth-order valence-electron chi connectivity index (χ4n) is 3.53. The second-order valence-electron chi connectivity index (χ2n) is 6.85. The van der Waals surface area contributed by atoms with Crippen LogP contribution in [0.1, 0.15) is 22.8 Å². The summed E-state index contributed by atoms with van der Waals surface area (Å²) in [4.78, 5) is 37.5. The molecule has 1 aliphatic rings. The summed E-state index contributed by atoms with van der Waals surface area (Å²) in [6.45, 7) is 0. The molecule has 0 radical (unpaired) electrons. The van der Waals surface area contributed by atoms with Crippen molar-refractivity contribution in [2.24, 2.45) is 0 Å². The molecule has 0 spiro atoms. The van der Waals surface area contributed by atoms with Crippen molar-refractivity contribution in [2.75, 3.05) is 24.9 Å². The Bertz CT molecular complexity index is 1170. The molecule has 158 valence electrons. The molecule has 31 heavy (non-hydrogen) atoms. The van der Waals surface area contributed by atoms with Crippen LogP contribution < -0.4 is 15.4 Å². The number of esters is 1. The van der Waals surface area contributed by atoms with E-state index in [9.17, 15) is 14.4 Å². The van der Waals surface area contributed by atoms with Crippen LogP contribution in [0.5, 0.6) is 5.75 Å². The molecule has 2 N–H and O–H groups in total. The highest BCUT2D eigenvalue weighted by atomic mass is 16.5. The highest BCUT2D eigenvalue weighted by molar-refractivity contribution is 6.06. The summed E-state index contributed by atoms with van der Waals surface area (Å²) in [6.07, 6.45) is 1.49. The number of nitrogens with one attached hydrogen (secondary N) is 2. The summed E-state index contributed by atoms with van der Waals surface area (Å²) < 4.78 is 11.7. The maximum Gasteiger partial charge on any atom is 0.339 e. The summed E-state index contributed by atoms with van der Waals surface area (Å²) in [5.41, 5.74) is 1.89. The number of amides is 2. The van der Waals surface area contributed by atoms with Crippen molar-refractivity contribution in [3.63, 3.8) is 0 Å². The van der Waals surface area contributed by atoms with E-state index in [1.165, 1.54) is 11.8 Å². The number of rotatable bonds is 5. The number of hydrogen-bond donors (Lipinski definition) is 2. The average molecular weight is 420 g/mol. The number of anilines is 2. The third-order valence-corrected chi connectivity index (χ3v) is 5.02. The predicted octanol–water partition coefficient (Wildman–Crippen LogP) is 2.87. The first kappa shape index (κ1) is 20.1. The Morgan fingerprint density at radius 3 is 2.61 bits per heavy atom. The van der Waals surface area contributed by atoms with E-state index in [0.717, 1.165) is 5.56 Å². The van der Waals surface area contributed by atoms with Gasteiger partial charge in [-0.3, -0.25) is 9.59 Å². The van der Waals surface area contributed by atoms with Gasteiger partial charge < -0.3 is 20.1 Å². The normalized spacial score (nSPS) is 14.9. The molecule has 4 rings (SSSR count). The molecule has 2 aromatic carbocycles. The van der Waals surface area contributed by atoms with E-state index in [4.69, 9.17) is 9.47 Å². The van der Waals surface area contributed by atoms with Gasteiger partial charge in [0.1, 0.15) is 17.6 Å². The SMILES string of the molecule is COC(=O)c1ccccc1NC(=O)[C@H]1CC(=O)Nc2c(-c3ccccc3OC)cnn21. The molecule has 9 heteroatoms. The number of aromatic nitrogens is 2. The summed E-state index contributed by atoms with van der Waals surface area (Å²) in [6, 6.07) is 12.9. The van der Waals surface area contributed by atoms with E-state index in [-0.39, 0.29) is 17.9 Å². The monoisotopic (exact) mass is 420 g/mol. The Morgan fingerprint density at radius 1 is 1.10 bits per heavy atom. The molecule has 0 fully saturated rings. The topological polar surface area (TPSA) is 112 Å². The highest BCUT2D eigenvalue weighted by Crippen LogP contribution is 2.38. The van der Waals surface area contributed by atoms with Gasteiger partial charge in [-0.25, -0.2) is 9.48 Å². The lowest BCUT2D eigenvalue weighted by Crippen LogP contribution is -2.36. The molecule has 0 saturated heterocycles. The standard InChI is InChI=1S/C22H20N4O5/c1-30-18-10-6-4-7-13(18)15-12-23-26-17(11-19(27)25-20(15)26)21(28)24-16-9-5-3-8-14(16)22(29)31-2/h3-10,12,17H,11H2,1-2H3,(H,24,28)(H,25,27)/t17-/m1/s1. The second kappa shape index (κ2) is 8.31. The number of hydrogen-bond acceptors (Lipinski definition) is 6. The number of carbonyl (C=O) groups excluding carboxylic acids is 3. The molecule has 0 aliphatic carbocycles. The Kier molecular flexibility index (Phi) is 5.40. The first-order valence-electron chi connectivity index (χ1n) is 9.52. The second-order valence-corrected chi connectivity index (χ2v) is 6.85. The van der Waals surface area contributed by atoms with Gasteiger partial charge in [0.2, 0.25) is 11.8 Å². The third-order valence-electron chi connectivity index (χ3n) is 5.02. The number of nitrogens with zero attached hydrogens (tertiary/aromatic N) is 2. The minimum Gasteiger partial charge on any atom is -0.496 e. The zero-order valence-electron chi connectivity index (χ0n) is 16.9. The molecule has 0 saturated carbocycles. The van der Waals surface area contributed by atoms with Gasteiger partial charge in [-0.1, -0.05) is 30.3 Å². The maximum absolute atomic E-state index is 13.1. The van der Waals surface area contributed by atoms with E-state index in [2.05, 4.69) is 15.7 Å². The van der Waals surface area contributed by atoms with Gasteiger partial charge in [-0.05, 0) is 18.2 Å². The van der Waals surface area contributed by atoms with E-state index >= 15 is 0 Å². The molecular formula is C22H20N4O5. The van der Waals surface area contributed by atoms with Crippen LogP contribution in [-0.2, 0) is 14.3 Å². The lowest BCUT2D eigenvalue weighted by Gasteiger charge is -2.25. The molecule has 9 nitrogen and oxygen atoms in total. The summed E-state index contributed by atoms with van der Waals surface area (Å²) >= 11 is 0. The minimum absolute atomic E-state index is 0.0910. The van der Waals surface area contributed by atoms with Gasteiger partial charge in [-0.2, -0.15) is 5.10 Å². The predicted molar refractivity (Wildman–Crippen MR) is 113 cm³/mol. The molecule has 3 aromatic rings. The van der Waals surface area contributed by atoms with Crippen LogP contribution in [0.25, 0.3) is 11.1 Å². The van der Waals surface area contributed by atoms with Gasteiger partial charge in [0, 0.05) is 11.1 Å². The molecule has 1 aliphatic heterocycles. The third kappa shape index (κ3) is 3.73. The summed E-state index contributed by atoms with van der Waals surface area (Å²) in [7, 11) is 2.82. The average Bonchev–Trinajstić information content (AvgIpc) is 3.21. The van der Waals surface area contributed by atoms with Crippen molar-refractivity contribution in [2.45, 2.75) is 12.5 Å². The van der Waals surface area contributed by atoms with Gasteiger partial charge in [0.25, 0.3) is 0 Å². The number of methoxy groups -OCH3 is 2. The van der Waals surface area contributed by atoms with Gasteiger partial charge in [0.05, 0.1) is 38.1 Å². The van der Waals surface area contributed by atoms with Crippen LogP contribution in [0.4, 0.5) is 11.5 Å². The Morgan fingerprint density at radius 2 is 1.84 bits per heavy atom. The Labute approximate surface area is 178 Å². The molecular weight excluding hydrogens is 400 g/mol. The zero-order valence-corrected chi connectivity index (χ0v) is 16.9. The Hall–Kier alpha value is -4.14. The van der Waals surface area contributed by atoms with Gasteiger partial charge in [-0.15, -0.1) is 0 Å². The van der Waals surface area contributed by atoms with Crippen molar-refractivity contribution in [1.29, 1.82) is 0 Å². The smallest absolute Gasteiger partial charge is 0.339 e. The molecule has 2 heterocycles. The van der Waals surface area contributed by atoms with Crippen molar-refractivity contribution in [3.05, 3.63) is 60.3 Å². The van der Waals surface area contributed by atoms with Crippen LogP contribution in [0, 0.1) is 0 Å². The van der Waals surface area contributed by atoms with Crippen LogP contribution >= 0.6 is 0 Å². The zero-order chi connectivity index (χ0) is 22.0. The maximum atomic E-state index is 13.1. The van der Waals surface area contributed by atoms with E-state index < -0.39 is 17.9 Å². The van der Waals surface area contributed by atoms with Crippen LogP contribution in [0.15, 0.2) is 54.7 Å². The van der Waals surface area contributed by atoms with Crippen molar-refractivity contribution < 1.29 is 23.9 Å². The summed E-state index contributed by atoms with van der Waals surface area (Å²) in [5, 5.41) is 9.88. The Balaban J connectivity index is 1.69. The lowest BCUT2D eigenvalue weighted by molar-refractivity contribution is -0.125. The first-order chi connectivity index (χ1) is 15.0. The molecule has 1 aromatic heterocycles. The number of carbonyl (C=O) groups is 3. The van der Waals surface area contributed by atoms with Crippen LogP contribution in [0.2, 0.25) is 0 Å². The molecule has 0 bridgehead atoms. The van der Waals surface area contributed by atoms with Gasteiger partial charge >= 0.3 is 5.97 Å². The van der Waals surface area contributed by atoms with E-state index in [1.54, 1.807) is 43.6 Å². The molecule has 1 atom stereocenters.